The zero-order chi connectivity index (χ0) is 8.69. The molecule has 5 heteroatoms. The van der Waals surface area contributed by atoms with E-state index in [1.165, 1.54) is 20.3 Å². The Morgan fingerprint density at radius 1 is 1.36 bits per heavy atom. The van der Waals surface area contributed by atoms with E-state index in [2.05, 4.69) is 0 Å². The second-order valence-electron chi connectivity index (χ2n) is 1.70. The average molecular weight is 176 g/mol. The molecule has 0 aromatic carbocycles. The van der Waals surface area contributed by atoms with Gasteiger partial charge < -0.3 is 13.3 Å². The Morgan fingerprint density at radius 3 is 2.27 bits per heavy atom. The molecule has 0 bridgehead atoms. The van der Waals surface area contributed by atoms with E-state index >= 15 is 0 Å². The highest BCUT2D eigenvalue weighted by atomic mass is 28.3. The first-order valence-electron chi connectivity index (χ1n) is 3.13. The van der Waals surface area contributed by atoms with E-state index in [9.17, 15) is 4.79 Å². The number of rotatable bonds is 4. The third kappa shape index (κ3) is 4.71. The molecule has 0 aromatic rings. The fourth-order valence-corrected chi connectivity index (χ4v) is 1.12. The van der Waals surface area contributed by atoms with Crippen LogP contribution in [0.25, 0.3) is 0 Å². The molecule has 0 heterocycles. The summed E-state index contributed by atoms with van der Waals surface area (Å²) in [6, 6.07) is 0. The van der Waals surface area contributed by atoms with Gasteiger partial charge in [-0.15, -0.1) is 0 Å². The van der Waals surface area contributed by atoms with Gasteiger partial charge in [0.15, 0.2) is 0 Å². The molecule has 0 unspecified atom stereocenters. The summed E-state index contributed by atoms with van der Waals surface area (Å²) in [5.41, 5.74) is 0. The van der Waals surface area contributed by atoms with Crippen LogP contribution in [0.2, 0.25) is 0 Å². The first-order chi connectivity index (χ1) is 5.24. The van der Waals surface area contributed by atoms with Gasteiger partial charge in [0.1, 0.15) is 0 Å². The summed E-state index contributed by atoms with van der Waals surface area (Å²) in [7, 11) is 0.713. The standard InChI is InChI=1S/C6H12O4Si/c1-4-5-6(7)10-11(8-2)9-3/h4-5,11H,1-3H3. The van der Waals surface area contributed by atoms with Crippen molar-refractivity contribution in [3.63, 3.8) is 0 Å². The van der Waals surface area contributed by atoms with E-state index in [-0.39, 0.29) is 0 Å². The van der Waals surface area contributed by atoms with Gasteiger partial charge in [0.05, 0.1) is 0 Å². The average Bonchev–Trinajstić information content (AvgIpc) is 2.01. The molecule has 0 spiro atoms. The van der Waals surface area contributed by atoms with E-state index < -0.39 is 15.5 Å². The molecular weight excluding hydrogens is 164 g/mol. The summed E-state index contributed by atoms with van der Waals surface area (Å²) in [6.45, 7) is 1.73. The van der Waals surface area contributed by atoms with Crippen molar-refractivity contribution in [2.45, 2.75) is 6.92 Å². The molecule has 0 aliphatic rings. The minimum absolute atomic E-state index is 0.423. The normalized spacial score (nSPS) is 10.9. The second kappa shape index (κ2) is 6.08. The van der Waals surface area contributed by atoms with Crippen LogP contribution in [-0.2, 0) is 18.1 Å². The van der Waals surface area contributed by atoms with Gasteiger partial charge in [0.25, 0.3) is 0 Å². The lowest BCUT2D eigenvalue weighted by Gasteiger charge is -2.08. The van der Waals surface area contributed by atoms with Crippen molar-refractivity contribution < 1.29 is 18.1 Å². The van der Waals surface area contributed by atoms with Gasteiger partial charge in [-0.05, 0) is 6.92 Å². The predicted molar refractivity (Wildman–Crippen MR) is 42.1 cm³/mol. The molecule has 0 aromatic heterocycles. The predicted octanol–water partition coefficient (Wildman–Crippen LogP) is 0.116. The molecule has 0 saturated heterocycles. The number of hydrogen-bond donors (Lipinski definition) is 0. The summed E-state index contributed by atoms with van der Waals surface area (Å²) in [5, 5.41) is 0. The van der Waals surface area contributed by atoms with Crippen LogP contribution in [-0.4, -0.2) is 29.7 Å². The molecule has 11 heavy (non-hydrogen) atoms. The molecule has 0 fully saturated rings. The Balaban J connectivity index is 3.71. The van der Waals surface area contributed by atoms with Crippen LogP contribution >= 0.6 is 0 Å². The Bertz CT molecular complexity index is 142. The number of carbonyl (C=O) groups excluding carboxylic acids is 1. The maximum absolute atomic E-state index is 10.7. The Hall–Kier alpha value is -0.653. The SMILES string of the molecule is CC=CC(=O)O[SiH](OC)OC. The van der Waals surface area contributed by atoms with Crippen molar-refractivity contribution in [3.05, 3.63) is 12.2 Å². The van der Waals surface area contributed by atoms with Crippen molar-refractivity contribution >= 4 is 15.5 Å². The van der Waals surface area contributed by atoms with Crippen molar-refractivity contribution in [1.82, 2.24) is 0 Å². The largest absolute Gasteiger partial charge is 0.551 e. The highest BCUT2D eigenvalue weighted by molar-refractivity contribution is 6.39. The zero-order valence-electron chi connectivity index (χ0n) is 6.87. The van der Waals surface area contributed by atoms with Crippen LogP contribution in [0.1, 0.15) is 6.92 Å². The highest BCUT2D eigenvalue weighted by Crippen LogP contribution is 1.89. The first-order valence-corrected chi connectivity index (χ1v) is 4.55. The molecule has 0 aliphatic carbocycles. The van der Waals surface area contributed by atoms with Crippen LogP contribution in [0.3, 0.4) is 0 Å². The van der Waals surface area contributed by atoms with Crippen molar-refractivity contribution in [3.8, 4) is 0 Å². The maximum Gasteiger partial charge on any atom is 0.551 e. The highest BCUT2D eigenvalue weighted by Gasteiger charge is 2.14. The fourth-order valence-electron chi connectivity index (χ4n) is 0.463. The van der Waals surface area contributed by atoms with Gasteiger partial charge in [0.2, 0.25) is 0 Å². The van der Waals surface area contributed by atoms with Crippen LogP contribution in [0.4, 0.5) is 0 Å². The maximum atomic E-state index is 10.7. The molecule has 64 valence electrons. The van der Waals surface area contributed by atoms with Crippen molar-refractivity contribution in [2.24, 2.45) is 0 Å². The third-order valence-electron chi connectivity index (χ3n) is 0.900. The minimum atomic E-state index is -2.18. The zero-order valence-corrected chi connectivity index (χ0v) is 8.02. The molecule has 0 saturated carbocycles. The Labute approximate surface area is 67.7 Å². The molecule has 0 N–H and O–H groups in total. The fraction of sp³-hybridized carbons (Fsp3) is 0.500. The monoisotopic (exact) mass is 176 g/mol. The molecule has 0 radical (unpaired) electrons. The number of carbonyl (C=O) groups is 1. The van der Waals surface area contributed by atoms with E-state index in [0.29, 0.717) is 0 Å². The smallest absolute Gasteiger partial charge is 0.472 e. The molecule has 0 amide bonds. The van der Waals surface area contributed by atoms with Gasteiger partial charge in [-0.25, -0.2) is 4.79 Å². The van der Waals surface area contributed by atoms with E-state index in [0.717, 1.165) is 0 Å². The van der Waals surface area contributed by atoms with E-state index in [4.69, 9.17) is 13.3 Å². The first kappa shape index (κ1) is 10.3. The Morgan fingerprint density at radius 2 is 1.91 bits per heavy atom. The van der Waals surface area contributed by atoms with Crippen molar-refractivity contribution in [2.75, 3.05) is 14.2 Å². The summed E-state index contributed by atoms with van der Waals surface area (Å²) in [4.78, 5) is 10.7. The molecular formula is C6H12O4Si. The topological polar surface area (TPSA) is 44.8 Å². The lowest BCUT2D eigenvalue weighted by atomic mass is 10.5. The quantitative estimate of drug-likeness (QED) is 0.450. The van der Waals surface area contributed by atoms with Gasteiger partial charge in [-0.3, -0.25) is 0 Å². The van der Waals surface area contributed by atoms with E-state index in [1.807, 2.05) is 0 Å². The number of hydrogen-bond acceptors (Lipinski definition) is 4. The molecule has 0 atom stereocenters. The summed E-state index contributed by atoms with van der Waals surface area (Å²) < 4.78 is 14.3. The Kier molecular flexibility index (Phi) is 5.72. The minimum Gasteiger partial charge on any atom is -0.472 e. The van der Waals surface area contributed by atoms with E-state index in [1.54, 1.807) is 13.0 Å². The molecule has 0 aliphatic heterocycles. The van der Waals surface area contributed by atoms with Crippen LogP contribution < -0.4 is 0 Å². The lowest BCUT2D eigenvalue weighted by Crippen LogP contribution is -2.26. The van der Waals surface area contributed by atoms with Gasteiger partial charge >= 0.3 is 15.5 Å². The van der Waals surface area contributed by atoms with Gasteiger partial charge in [0, 0.05) is 20.3 Å². The summed E-state index contributed by atoms with van der Waals surface area (Å²) >= 11 is 0. The second-order valence-corrected chi connectivity index (χ2v) is 3.45. The molecule has 4 nitrogen and oxygen atoms in total. The van der Waals surface area contributed by atoms with Gasteiger partial charge in [-0.1, -0.05) is 6.08 Å². The lowest BCUT2D eigenvalue weighted by molar-refractivity contribution is -0.131. The van der Waals surface area contributed by atoms with Crippen molar-refractivity contribution in [1.29, 1.82) is 0 Å². The third-order valence-corrected chi connectivity index (χ3v) is 2.09. The summed E-state index contributed by atoms with van der Waals surface area (Å²) in [5.74, 6) is -0.423. The van der Waals surface area contributed by atoms with Crippen LogP contribution in [0.5, 0.6) is 0 Å². The molecule has 0 rings (SSSR count). The van der Waals surface area contributed by atoms with Crippen LogP contribution in [0.15, 0.2) is 12.2 Å². The van der Waals surface area contributed by atoms with Gasteiger partial charge in [-0.2, -0.15) is 0 Å². The summed E-state index contributed by atoms with van der Waals surface area (Å²) in [6.07, 6.45) is 2.91. The van der Waals surface area contributed by atoms with Crippen LogP contribution in [0, 0.1) is 0 Å². The number of allylic oxidation sites excluding steroid dienone is 1.